The molecule has 10 nitrogen and oxygen atoms in total. The first kappa shape index (κ1) is 18.9. The minimum Gasteiger partial charge on any atom is -0.381 e. The number of methoxy groups -OCH3 is 1. The fourth-order valence-electron chi connectivity index (χ4n) is 3.06. The number of aryl methyl sites for hydroxylation is 1. The monoisotopic (exact) mass is 393 g/mol. The van der Waals surface area contributed by atoms with Crippen molar-refractivity contribution < 1.29 is 4.74 Å². The molecular formula is C19H23N9O. The summed E-state index contributed by atoms with van der Waals surface area (Å²) >= 11 is 0. The zero-order valence-electron chi connectivity index (χ0n) is 16.8. The van der Waals surface area contributed by atoms with Gasteiger partial charge in [-0.15, -0.1) is 10.2 Å². The summed E-state index contributed by atoms with van der Waals surface area (Å²) in [5.74, 6) is 2.46. The van der Waals surface area contributed by atoms with Crippen LogP contribution in [0.4, 0.5) is 11.8 Å². The van der Waals surface area contributed by atoms with Gasteiger partial charge in [0.25, 0.3) is 0 Å². The van der Waals surface area contributed by atoms with Crippen LogP contribution in [0, 0.1) is 5.92 Å². The zero-order chi connectivity index (χ0) is 20.4. The van der Waals surface area contributed by atoms with Gasteiger partial charge >= 0.3 is 0 Å². The second-order valence-corrected chi connectivity index (χ2v) is 7.07. The van der Waals surface area contributed by atoms with Gasteiger partial charge in [-0.05, 0) is 12.0 Å². The van der Waals surface area contributed by atoms with Crippen LogP contribution in [0.2, 0.25) is 0 Å². The van der Waals surface area contributed by atoms with Crippen molar-refractivity contribution in [1.29, 1.82) is 0 Å². The molecule has 0 bridgehead atoms. The van der Waals surface area contributed by atoms with Crippen LogP contribution in [0.3, 0.4) is 0 Å². The largest absolute Gasteiger partial charge is 0.381 e. The van der Waals surface area contributed by atoms with Gasteiger partial charge in [-0.25, -0.2) is 15.0 Å². The summed E-state index contributed by atoms with van der Waals surface area (Å²) in [7, 11) is 3.56. The number of hydrogen-bond acceptors (Lipinski definition) is 8. The van der Waals surface area contributed by atoms with Gasteiger partial charge in [-0.2, -0.15) is 5.10 Å². The number of anilines is 2. The quantitative estimate of drug-likeness (QED) is 0.509. The highest BCUT2D eigenvalue weighted by Gasteiger charge is 2.17. The van der Waals surface area contributed by atoms with Gasteiger partial charge in [0, 0.05) is 38.9 Å². The highest BCUT2D eigenvalue weighted by molar-refractivity contribution is 5.61. The number of hydrogen-bond donors (Lipinski definition) is 1. The Kier molecular flexibility index (Phi) is 5.17. The molecule has 4 aromatic heterocycles. The van der Waals surface area contributed by atoms with Crippen molar-refractivity contribution in [3.8, 4) is 11.4 Å². The Hall–Kier alpha value is -3.40. The molecule has 0 radical (unpaired) electrons. The van der Waals surface area contributed by atoms with E-state index < -0.39 is 0 Å². The summed E-state index contributed by atoms with van der Waals surface area (Å²) in [5, 5.41) is 15.9. The smallest absolute Gasteiger partial charge is 0.228 e. The molecule has 0 saturated carbocycles. The fraction of sp³-hybridized carbons (Fsp3) is 0.368. The van der Waals surface area contributed by atoms with E-state index in [-0.39, 0.29) is 6.10 Å². The first-order valence-electron chi connectivity index (χ1n) is 9.36. The number of ether oxygens (including phenoxy) is 1. The molecule has 1 N–H and O–H groups in total. The van der Waals surface area contributed by atoms with E-state index in [1.54, 1.807) is 30.5 Å². The van der Waals surface area contributed by atoms with E-state index >= 15 is 0 Å². The second-order valence-electron chi connectivity index (χ2n) is 7.07. The van der Waals surface area contributed by atoms with Crippen LogP contribution in [0.25, 0.3) is 17.0 Å². The van der Waals surface area contributed by atoms with Crippen molar-refractivity contribution in [3.05, 3.63) is 42.7 Å². The van der Waals surface area contributed by atoms with E-state index in [1.165, 1.54) is 0 Å². The second kappa shape index (κ2) is 7.92. The number of nitrogens with zero attached hydrogens (tertiary/aromatic N) is 8. The summed E-state index contributed by atoms with van der Waals surface area (Å²) in [4.78, 5) is 13.4. The van der Waals surface area contributed by atoms with Crippen molar-refractivity contribution in [2.75, 3.05) is 12.4 Å². The third kappa shape index (κ3) is 3.92. The Labute approximate surface area is 168 Å². The van der Waals surface area contributed by atoms with Crippen molar-refractivity contribution >= 4 is 17.4 Å². The Morgan fingerprint density at radius 3 is 2.69 bits per heavy atom. The molecule has 0 aromatic carbocycles. The lowest BCUT2D eigenvalue weighted by molar-refractivity contribution is 0.0636. The van der Waals surface area contributed by atoms with Gasteiger partial charge in [0.2, 0.25) is 5.95 Å². The van der Waals surface area contributed by atoms with Gasteiger partial charge in [0.15, 0.2) is 5.65 Å². The van der Waals surface area contributed by atoms with E-state index in [0.717, 1.165) is 11.6 Å². The van der Waals surface area contributed by atoms with Crippen LogP contribution in [0.15, 0.2) is 36.9 Å². The van der Waals surface area contributed by atoms with Crippen LogP contribution in [0.5, 0.6) is 0 Å². The molecule has 0 aliphatic heterocycles. The molecule has 1 atom stereocenters. The van der Waals surface area contributed by atoms with E-state index in [1.807, 2.05) is 29.6 Å². The average Bonchev–Trinajstić information content (AvgIpc) is 3.31. The van der Waals surface area contributed by atoms with Crippen LogP contribution < -0.4 is 5.32 Å². The van der Waals surface area contributed by atoms with Crippen molar-refractivity contribution in [3.63, 3.8) is 0 Å². The molecule has 0 saturated heterocycles. The van der Waals surface area contributed by atoms with Crippen LogP contribution in [-0.2, 0) is 18.2 Å². The highest BCUT2D eigenvalue weighted by atomic mass is 16.5. The summed E-state index contributed by atoms with van der Waals surface area (Å²) < 4.78 is 9.15. The normalized spacial score (nSPS) is 12.6. The Morgan fingerprint density at radius 2 is 1.97 bits per heavy atom. The Balaban J connectivity index is 1.60. The predicted octanol–water partition coefficient (Wildman–Crippen LogP) is 2.27. The molecule has 4 aromatic rings. The lowest BCUT2D eigenvalue weighted by Gasteiger charge is -2.17. The molecular weight excluding hydrogens is 370 g/mol. The van der Waals surface area contributed by atoms with E-state index in [0.29, 0.717) is 35.3 Å². The molecule has 0 amide bonds. The van der Waals surface area contributed by atoms with E-state index in [9.17, 15) is 0 Å². The lowest BCUT2D eigenvalue weighted by atomic mass is 10.0. The summed E-state index contributed by atoms with van der Waals surface area (Å²) in [6.07, 6.45) is 5.86. The first-order chi connectivity index (χ1) is 14.0. The number of fused-ring (bicyclic) bond motifs is 1. The summed E-state index contributed by atoms with van der Waals surface area (Å²) in [5.41, 5.74) is 2.09. The predicted molar refractivity (Wildman–Crippen MR) is 108 cm³/mol. The number of rotatable bonds is 7. The molecule has 0 aliphatic carbocycles. The van der Waals surface area contributed by atoms with Crippen LogP contribution in [0.1, 0.15) is 19.7 Å². The molecule has 0 aliphatic rings. The third-order valence-corrected chi connectivity index (χ3v) is 4.78. The van der Waals surface area contributed by atoms with Crippen molar-refractivity contribution in [1.82, 2.24) is 39.3 Å². The Bertz CT molecular complexity index is 1120. The minimum atomic E-state index is 0.0737. The fourth-order valence-corrected chi connectivity index (χ4v) is 3.06. The molecule has 10 heteroatoms. The lowest BCUT2D eigenvalue weighted by Crippen LogP contribution is -2.22. The molecule has 0 spiro atoms. The third-order valence-electron chi connectivity index (χ3n) is 4.78. The van der Waals surface area contributed by atoms with Gasteiger partial charge in [0.05, 0.1) is 23.7 Å². The molecule has 29 heavy (non-hydrogen) atoms. The van der Waals surface area contributed by atoms with Crippen molar-refractivity contribution in [2.24, 2.45) is 13.0 Å². The summed E-state index contributed by atoms with van der Waals surface area (Å²) in [6, 6.07) is 5.52. The Morgan fingerprint density at radius 1 is 1.10 bits per heavy atom. The molecule has 1 unspecified atom stereocenters. The van der Waals surface area contributed by atoms with Crippen LogP contribution in [-0.4, -0.2) is 52.5 Å². The minimum absolute atomic E-state index is 0.0737. The van der Waals surface area contributed by atoms with Gasteiger partial charge < -0.3 is 10.1 Å². The van der Waals surface area contributed by atoms with Gasteiger partial charge in [-0.1, -0.05) is 13.8 Å². The van der Waals surface area contributed by atoms with Gasteiger partial charge in [-0.3, -0.25) is 9.08 Å². The number of aromatic nitrogens is 8. The molecule has 4 rings (SSSR count). The SMILES string of the molecule is COC(Cc1nnc2cc(-c3ccnc(Nc4ccnn4C)n3)ncn12)C(C)C. The molecule has 4 heterocycles. The van der Waals surface area contributed by atoms with Gasteiger partial charge in [0.1, 0.15) is 18.0 Å². The standard InChI is InChI=1S/C19H23N9O/c1-12(2)15(29-4)10-18-26-25-17-9-14(21-11-28(17)18)13-5-7-20-19(23-13)24-16-6-8-22-27(16)3/h5-9,11-12,15H,10H2,1-4H3,(H,20,23,24). The highest BCUT2D eigenvalue weighted by Crippen LogP contribution is 2.19. The maximum atomic E-state index is 5.56. The van der Waals surface area contributed by atoms with Crippen LogP contribution >= 0.6 is 0 Å². The topological polar surface area (TPSA) is 108 Å². The zero-order valence-corrected chi connectivity index (χ0v) is 16.8. The van der Waals surface area contributed by atoms with E-state index in [2.05, 4.69) is 49.4 Å². The molecule has 0 fully saturated rings. The van der Waals surface area contributed by atoms with E-state index in [4.69, 9.17) is 4.74 Å². The molecule has 150 valence electrons. The average molecular weight is 393 g/mol. The number of nitrogens with one attached hydrogen (secondary N) is 1. The maximum Gasteiger partial charge on any atom is 0.228 e. The van der Waals surface area contributed by atoms with Crippen molar-refractivity contribution in [2.45, 2.75) is 26.4 Å². The maximum absolute atomic E-state index is 5.56. The first-order valence-corrected chi connectivity index (χ1v) is 9.36. The summed E-state index contributed by atoms with van der Waals surface area (Å²) in [6.45, 7) is 4.25.